The van der Waals surface area contributed by atoms with Gasteiger partial charge in [0.2, 0.25) is 5.91 Å². The first-order valence-electron chi connectivity index (χ1n) is 12.0. The average Bonchev–Trinajstić information content (AvgIpc) is 3.39. The Morgan fingerprint density at radius 1 is 1.09 bits per heavy atom. The largest absolute Gasteiger partial charge is 0.337 e. The van der Waals surface area contributed by atoms with E-state index in [9.17, 15) is 9.59 Å². The topological polar surface area (TPSA) is 95.1 Å². The second-order valence-corrected chi connectivity index (χ2v) is 9.82. The summed E-state index contributed by atoms with van der Waals surface area (Å²) in [5.74, 6) is 2.40. The van der Waals surface area contributed by atoms with Crippen LogP contribution in [0, 0.1) is 12.8 Å². The second kappa shape index (κ2) is 8.30. The van der Waals surface area contributed by atoms with Crippen LogP contribution in [0.1, 0.15) is 84.3 Å². The van der Waals surface area contributed by atoms with Gasteiger partial charge in [0.1, 0.15) is 11.6 Å². The molecular weight excluding hydrogens is 404 g/mol. The first kappa shape index (κ1) is 21.1. The van der Waals surface area contributed by atoms with Gasteiger partial charge in [-0.05, 0) is 51.4 Å². The number of piperidine rings is 1. The minimum atomic E-state index is 0.0408. The molecule has 0 spiro atoms. The summed E-state index contributed by atoms with van der Waals surface area (Å²) in [7, 11) is 0. The Labute approximate surface area is 188 Å². The maximum atomic E-state index is 13.1. The molecule has 0 aromatic carbocycles. The molecule has 1 fully saturated rings. The standard InChI is InChI=1S/C24H32N6O2/c1-14(2)13-30-20(31)8-7-17-15(3)25-22(26-23(17)30)16-9-11-29(12-10-16)24(32)21-18-5-4-6-19(18)27-28-21/h14,16H,4-13H2,1-3H3,(H,27,28). The van der Waals surface area contributed by atoms with Gasteiger partial charge in [0.15, 0.2) is 5.69 Å². The van der Waals surface area contributed by atoms with Crippen LogP contribution in [0.2, 0.25) is 0 Å². The number of rotatable bonds is 4. The zero-order chi connectivity index (χ0) is 22.4. The lowest BCUT2D eigenvalue weighted by Crippen LogP contribution is -2.40. The van der Waals surface area contributed by atoms with E-state index in [4.69, 9.17) is 9.97 Å². The maximum Gasteiger partial charge on any atom is 0.274 e. The smallest absolute Gasteiger partial charge is 0.274 e. The molecule has 2 aromatic heterocycles. The fourth-order valence-corrected chi connectivity index (χ4v) is 5.33. The van der Waals surface area contributed by atoms with Gasteiger partial charge in [-0.25, -0.2) is 9.97 Å². The van der Waals surface area contributed by atoms with E-state index < -0.39 is 0 Å². The van der Waals surface area contributed by atoms with Crippen molar-refractivity contribution in [3.63, 3.8) is 0 Å². The molecule has 0 unspecified atom stereocenters. The van der Waals surface area contributed by atoms with E-state index in [1.54, 1.807) is 0 Å². The number of hydrogen-bond donors (Lipinski definition) is 1. The highest BCUT2D eigenvalue weighted by Crippen LogP contribution is 2.33. The lowest BCUT2D eigenvalue weighted by Gasteiger charge is -2.33. The van der Waals surface area contributed by atoms with Crippen molar-refractivity contribution in [1.82, 2.24) is 25.1 Å². The van der Waals surface area contributed by atoms with Crippen LogP contribution in [-0.4, -0.2) is 56.5 Å². The van der Waals surface area contributed by atoms with Gasteiger partial charge in [-0.2, -0.15) is 5.10 Å². The Morgan fingerprint density at radius 3 is 2.62 bits per heavy atom. The molecule has 170 valence electrons. The molecule has 0 atom stereocenters. The summed E-state index contributed by atoms with van der Waals surface area (Å²) < 4.78 is 0. The van der Waals surface area contributed by atoms with Gasteiger partial charge in [-0.15, -0.1) is 0 Å². The first-order chi connectivity index (χ1) is 15.4. The third-order valence-electron chi connectivity index (χ3n) is 7.06. The molecule has 8 nitrogen and oxygen atoms in total. The number of anilines is 1. The van der Waals surface area contributed by atoms with E-state index >= 15 is 0 Å². The molecule has 0 bridgehead atoms. The minimum Gasteiger partial charge on any atom is -0.337 e. The van der Waals surface area contributed by atoms with E-state index in [1.807, 2.05) is 16.7 Å². The molecule has 8 heteroatoms. The highest BCUT2D eigenvalue weighted by atomic mass is 16.2. The van der Waals surface area contributed by atoms with Crippen LogP contribution >= 0.6 is 0 Å². The summed E-state index contributed by atoms with van der Waals surface area (Å²) in [5.41, 5.74) is 4.94. The Morgan fingerprint density at radius 2 is 1.88 bits per heavy atom. The summed E-state index contributed by atoms with van der Waals surface area (Å²) in [5, 5.41) is 7.36. The summed E-state index contributed by atoms with van der Waals surface area (Å²) >= 11 is 0. The molecule has 2 amide bonds. The molecular formula is C24H32N6O2. The van der Waals surface area contributed by atoms with Crippen molar-refractivity contribution in [2.45, 2.75) is 71.6 Å². The van der Waals surface area contributed by atoms with Crippen molar-refractivity contribution in [3.05, 3.63) is 34.0 Å². The third-order valence-corrected chi connectivity index (χ3v) is 7.06. The van der Waals surface area contributed by atoms with Crippen LogP contribution in [0.4, 0.5) is 5.82 Å². The number of carbonyl (C=O) groups excluding carboxylic acids is 2. The molecule has 0 radical (unpaired) electrons. The Bertz CT molecular complexity index is 1050. The maximum absolute atomic E-state index is 13.1. The number of H-pyrrole nitrogens is 1. The number of aryl methyl sites for hydroxylation is 2. The van der Waals surface area contributed by atoms with Crippen molar-refractivity contribution in [2.75, 3.05) is 24.5 Å². The Hall–Kier alpha value is -2.77. The molecule has 0 saturated carbocycles. The van der Waals surface area contributed by atoms with Crippen LogP contribution in [0.3, 0.4) is 0 Å². The highest BCUT2D eigenvalue weighted by molar-refractivity contribution is 5.95. The number of aromatic amines is 1. The summed E-state index contributed by atoms with van der Waals surface area (Å²) in [6.07, 6.45) is 5.93. The number of aromatic nitrogens is 4. The summed E-state index contributed by atoms with van der Waals surface area (Å²) in [6, 6.07) is 0. The normalized spacial score (nSPS) is 18.9. The van der Waals surface area contributed by atoms with Crippen LogP contribution in [0.15, 0.2) is 0 Å². The van der Waals surface area contributed by atoms with Crippen LogP contribution < -0.4 is 4.90 Å². The van der Waals surface area contributed by atoms with Crippen molar-refractivity contribution >= 4 is 17.6 Å². The molecule has 2 aliphatic heterocycles. The minimum absolute atomic E-state index is 0.0408. The van der Waals surface area contributed by atoms with Crippen molar-refractivity contribution in [2.24, 2.45) is 5.92 Å². The average molecular weight is 437 g/mol. The fraction of sp³-hybridized carbons (Fsp3) is 0.625. The molecule has 5 rings (SSSR count). The molecule has 3 aliphatic rings. The van der Waals surface area contributed by atoms with Gasteiger partial charge >= 0.3 is 0 Å². The van der Waals surface area contributed by atoms with Crippen molar-refractivity contribution in [1.29, 1.82) is 0 Å². The highest BCUT2D eigenvalue weighted by Gasteiger charge is 2.33. The Balaban J connectivity index is 1.32. The van der Waals surface area contributed by atoms with Gasteiger partial charge in [0, 0.05) is 54.5 Å². The fourth-order valence-electron chi connectivity index (χ4n) is 5.33. The predicted molar refractivity (Wildman–Crippen MR) is 121 cm³/mol. The molecule has 32 heavy (non-hydrogen) atoms. The van der Waals surface area contributed by atoms with Crippen molar-refractivity contribution < 1.29 is 9.59 Å². The summed E-state index contributed by atoms with van der Waals surface area (Å²) in [4.78, 5) is 39.2. The monoisotopic (exact) mass is 436 g/mol. The van der Waals surface area contributed by atoms with E-state index in [0.29, 0.717) is 37.7 Å². The zero-order valence-electron chi connectivity index (χ0n) is 19.3. The van der Waals surface area contributed by atoms with Gasteiger partial charge < -0.3 is 4.90 Å². The number of hydrogen-bond acceptors (Lipinski definition) is 5. The van der Waals surface area contributed by atoms with Gasteiger partial charge in [0.25, 0.3) is 5.91 Å². The van der Waals surface area contributed by atoms with E-state index in [-0.39, 0.29) is 17.7 Å². The Kier molecular flexibility index (Phi) is 5.47. The second-order valence-electron chi connectivity index (χ2n) is 9.82. The van der Waals surface area contributed by atoms with Crippen LogP contribution in [0.25, 0.3) is 0 Å². The van der Waals surface area contributed by atoms with E-state index in [1.165, 1.54) is 0 Å². The predicted octanol–water partition coefficient (Wildman–Crippen LogP) is 2.95. The number of likely N-dealkylation sites (tertiary alicyclic amines) is 1. The van der Waals surface area contributed by atoms with Gasteiger partial charge in [0.05, 0.1) is 0 Å². The number of nitrogens with zero attached hydrogens (tertiary/aromatic N) is 5. The SMILES string of the molecule is Cc1nc(C2CCN(C(=O)c3n[nH]c4c3CCC4)CC2)nc2c1CCC(=O)N2CC(C)C. The number of nitrogens with one attached hydrogen (secondary N) is 1. The first-order valence-corrected chi connectivity index (χ1v) is 12.0. The molecule has 1 saturated heterocycles. The van der Waals surface area contributed by atoms with Gasteiger partial charge in [-0.1, -0.05) is 13.8 Å². The molecule has 4 heterocycles. The van der Waals surface area contributed by atoms with E-state index in [0.717, 1.165) is 72.7 Å². The van der Waals surface area contributed by atoms with Gasteiger partial charge in [-0.3, -0.25) is 19.6 Å². The number of amides is 2. The van der Waals surface area contributed by atoms with Crippen molar-refractivity contribution in [3.8, 4) is 0 Å². The molecule has 1 aliphatic carbocycles. The summed E-state index contributed by atoms with van der Waals surface area (Å²) in [6.45, 7) is 8.32. The number of fused-ring (bicyclic) bond motifs is 2. The number of carbonyl (C=O) groups is 2. The quantitative estimate of drug-likeness (QED) is 0.795. The lowest BCUT2D eigenvalue weighted by molar-refractivity contribution is -0.119. The molecule has 2 aromatic rings. The van der Waals surface area contributed by atoms with Crippen LogP contribution in [0.5, 0.6) is 0 Å². The zero-order valence-corrected chi connectivity index (χ0v) is 19.3. The van der Waals surface area contributed by atoms with E-state index in [2.05, 4.69) is 24.0 Å². The third kappa shape index (κ3) is 3.69. The van der Waals surface area contributed by atoms with Crippen LogP contribution in [-0.2, 0) is 24.1 Å². The molecule has 1 N–H and O–H groups in total. The lowest BCUT2D eigenvalue weighted by atomic mass is 9.94.